The highest BCUT2D eigenvalue weighted by atomic mass is 31.2. The summed E-state index contributed by atoms with van der Waals surface area (Å²) < 4.78 is 71.6. The molecule has 0 atom stereocenters. The summed E-state index contributed by atoms with van der Waals surface area (Å²) in [5, 5.41) is 0. The molecule has 0 N–H and O–H groups in total. The zero-order valence-electron chi connectivity index (χ0n) is 36.1. The topological polar surface area (TPSA) is 102 Å². The van der Waals surface area contributed by atoms with E-state index in [4.69, 9.17) is 50.8 Å². The highest BCUT2D eigenvalue weighted by molar-refractivity contribution is 7.43. The van der Waals surface area contributed by atoms with Crippen LogP contribution in [0.3, 0.4) is 0 Å². The van der Waals surface area contributed by atoms with Crippen molar-refractivity contribution in [3.8, 4) is 57.5 Å². The Morgan fingerprint density at radius 3 is 1.11 bits per heavy atom. The number of hydrogen-bond donors (Lipinski definition) is 0. The van der Waals surface area contributed by atoms with Gasteiger partial charge in [-0.2, -0.15) is 0 Å². The predicted octanol–water partition coefficient (Wildman–Crippen LogP) is 12.2. The second-order valence-electron chi connectivity index (χ2n) is 18.3. The van der Waals surface area contributed by atoms with E-state index in [1.165, 1.54) is 0 Å². The first kappa shape index (κ1) is 41.3. The van der Waals surface area contributed by atoms with Gasteiger partial charge in [0.15, 0.2) is 57.5 Å². The van der Waals surface area contributed by atoms with Crippen molar-refractivity contribution in [1.82, 2.24) is 0 Å². The van der Waals surface area contributed by atoms with Crippen LogP contribution >= 0.6 is 17.2 Å². The van der Waals surface area contributed by atoms with E-state index in [0.717, 1.165) is 47.9 Å². The number of para-hydroxylation sites is 5. The zero-order valence-corrected chi connectivity index (χ0v) is 37.9. The third-order valence-electron chi connectivity index (χ3n) is 10.7. The first-order valence-corrected chi connectivity index (χ1v) is 22.7. The minimum atomic E-state index is -2.22. The summed E-state index contributed by atoms with van der Waals surface area (Å²) in [6.07, 6.45) is 2.97. The zero-order chi connectivity index (χ0) is 42.7. The maximum Gasteiger partial charge on any atom is 0.530 e. The van der Waals surface area contributed by atoms with Crippen molar-refractivity contribution < 1.29 is 50.8 Å². The van der Waals surface area contributed by atoms with Gasteiger partial charge < -0.3 is 46.3 Å². The fourth-order valence-corrected chi connectivity index (χ4v) is 10.3. The molecule has 5 aromatic rings. The summed E-state index contributed by atoms with van der Waals surface area (Å²) in [5.74, 6) is 5.54. The summed E-state index contributed by atoms with van der Waals surface area (Å²) in [6, 6.07) is 29.1. The van der Waals surface area contributed by atoms with Gasteiger partial charge in [0.2, 0.25) is 0 Å². The van der Waals surface area contributed by atoms with Crippen LogP contribution in [0.25, 0.3) is 0 Å². The summed E-state index contributed by atoms with van der Waals surface area (Å²) in [4.78, 5) is 0. The van der Waals surface area contributed by atoms with E-state index in [2.05, 4.69) is 67.5 Å². The maximum atomic E-state index is 6.82. The van der Waals surface area contributed by atoms with E-state index in [0.29, 0.717) is 63.1 Å². The summed E-state index contributed by atoms with van der Waals surface area (Å²) >= 11 is 0. The van der Waals surface area contributed by atoms with Crippen molar-refractivity contribution in [2.24, 2.45) is 0 Å². The molecule has 0 fully saturated rings. The molecule has 0 saturated carbocycles. The lowest BCUT2D eigenvalue weighted by molar-refractivity contribution is 0.133. The van der Waals surface area contributed by atoms with Crippen LogP contribution in [-0.2, 0) is 36.8 Å². The molecule has 0 aliphatic carbocycles. The lowest BCUT2D eigenvalue weighted by Gasteiger charge is -2.24. The molecule has 61 heavy (non-hydrogen) atoms. The second kappa shape index (κ2) is 15.7. The normalized spacial score (nSPS) is 17.8. The van der Waals surface area contributed by atoms with Gasteiger partial charge in [0, 0.05) is 53.5 Å². The molecule has 0 bridgehead atoms. The Morgan fingerprint density at radius 1 is 0.426 bits per heavy atom. The fourth-order valence-electron chi connectivity index (χ4n) is 8.22. The molecule has 4 aliphatic rings. The van der Waals surface area contributed by atoms with E-state index in [9.17, 15) is 0 Å². The molecular weight excluding hydrogens is 814 g/mol. The molecule has 0 aromatic heterocycles. The Kier molecular flexibility index (Phi) is 10.6. The third kappa shape index (κ3) is 8.84. The second-order valence-corrected chi connectivity index (χ2v) is 20.3. The highest BCUT2D eigenvalue weighted by Gasteiger charge is 2.39. The van der Waals surface area contributed by atoms with Crippen LogP contribution in [0.15, 0.2) is 91.0 Å². The van der Waals surface area contributed by atoms with Crippen LogP contribution in [0.5, 0.6) is 57.5 Å². The summed E-state index contributed by atoms with van der Waals surface area (Å²) in [7, 11) is -2.74. The monoisotopic (exact) mass is 866 g/mol. The molecule has 11 nitrogen and oxygen atoms in total. The van der Waals surface area contributed by atoms with E-state index >= 15 is 0 Å². The molecule has 0 spiro atoms. The van der Waals surface area contributed by atoms with Crippen molar-refractivity contribution in [3.63, 3.8) is 0 Å². The number of benzene rings is 5. The van der Waals surface area contributed by atoms with E-state index in [1.54, 1.807) is 7.11 Å². The van der Waals surface area contributed by atoms with Crippen LogP contribution in [0, 0.1) is 0 Å². The van der Waals surface area contributed by atoms with Crippen LogP contribution < -0.4 is 46.3 Å². The van der Waals surface area contributed by atoms with Crippen LogP contribution in [-0.4, -0.2) is 29.5 Å². The van der Waals surface area contributed by atoms with Crippen LogP contribution in [0.4, 0.5) is 0 Å². The average molecular weight is 867 g/mol. The molecule has 0 radical (unpaired) electrons. The Morgan fingerprint density at radius 2 is 0.754 bits per heavy atom. The Bertz CT molecular complexity index is 2320. The van der Waals surface area contributed by atoms with Gasteiger partial charge in [-0.15, -0.1) is 0 Å². The molecule has 9 rings (SSSR count). The number of rotatable bonds is 14. The van der Waals surface area contributed by atoms with Crippen molar-refractivity contribution in [2.75, 3.05) is 7.11 Å². The standard InChI is InChI=1S/C48H52O11P2/c1-45(2)25-30-15-10-21-36(40(30)51-45)55-60(56-37-22-11-16-31-26-46(3,4)52-41(31)37)50-29-34-19-14-20-35(49-9)44(34)59-61(57-38-23-12-17-32-27-47(5,6)53-42(32)38)58-39-24-13-18-33-28-48(7,8)54-43(33)39/h10-24H,25-29H2,1-9H3. The fraction of sp³-hybridized carbons (Fsp3) is 0.375. The Hall–Kier alpha value is -5.08. The molecule has 4 heterocycles. The molecule has 0 unspecified atom stereocenters. The quantitative estimate of drug-likeness (QED) is 0.0997. The predicted molar refractivity (Wildman–Crippen MR) is 234 cm³/mol. The number of fused-ring (bicyclic) bond motifs is 4. The first-order chi connectivity index (χ1) is 29.0. The average Bonchev–Trinajstić information content (AvgIpc) is 3.90. The largest absolute Gasteiger partial charge is 0.530 e. The van der Waals surface area contributed by atoms with Gasteiger partial charge in [-0.3, -0.25) is 4.52 Å². The van der Waals surface area contributed by atoms with Crippen molar-refractivity contribution in [3.05, 3.63) is 119 Å². The van der Waals surface area contributed by atoms with Gasteiger partial charge in [0.1, 0.15) is 22.4 Å². The molecule has 320 valence electrons. The Balaban J connectivity index is 1.04. The summed E-state index contributed by atoms with van der Waals surface area (Å²) in [5.41, 5.74) is 3.26. The lowest BCUT2D eigenvalue weighted by atomic mass is 10.0. The van der Waals surface area contributed by atoms with Crippen LogP contribution in [0.2, 0.25) is 0 Å². The molecule has 5 aromatic carbocycles. The first-order valence-electron chi connectivity index (χ1n) is 20.6. The Labute approximate surface area is 360 Å². The van der Waals surface area contributed by atoms with E-state index < -0.39 is 28.4 Å². The van der Waals surface area contributed by atoms with Crippen molar-refractivity contribution in [2.45, 2.75) is 110 Å². The lowest BCUT2D eigenvalue weighted by Crippen LogP contribution is -2.24. The minimum absolute atomic E-state index is 0.000228. The molecule has 4 aliphatic heterocycles. The highest BCUT2D eigenvalue weighted by Crippen LogP contribution is 2.56. The molecule has 0 saturated heterocycles. The SMILES string of the molecule is COc1cccc(COP(Oc2cccc3c2OC(C)(C)C3)Oc2cccc3c2OC(C)(C)C3)c1OP(Oc1cccc2c1OC(C)(C)C2)Oc1cccc2c1OC(C)(C)C2. The van der Waals surface area contributed by atoms with Crippen molar-refractivity contribution >= 4 is 17.2 Å². The smallest absolute Gasteiger partial charge is 0.493 e. The molecule has 0 amide bonds. The van der Waals surface area contributed by atoms with Gasteiger partial charge in [-0.1, -0.05) is 60.7 Å². The van der Waals surface area contributed by atoms with Crippen LogP contribution in [0.1, 0.15) is 83.2 Å². The maximum absolute atomic E-state index is 6.82. The van der Waals surface area contributed by atoms with Gasteiger partial charge in [-0.25, -0.2) is 0 Å². The van der Waals surface area contributed by atoms with Gasteiger partial charge >= 0.3 is 17.2 Å². The third-order valence-corrected chi connectivity index (χ3v) is 12.7. The summed E-state index contributed by atoms with van der Waals surface area (Å²) in [6.45, 7) is 16.5. The number of ether oxygens (including phenoxy) is 5. The number of methoxy groups -OCH3 is 1. The molecular formula is C48H52O11P2. The van der Waals surface area contributed by atoms with Gasteiger partial charge in [0.25, 0.3) is 0 Å². The minimum Gasteiger partial charge on any atom is -0.493 e. The van der Waals surface area contributed by atoms with Gasteiger partial charge in [0.05, 0.1) is 13.7 Å². The number of hydrogen-bond acceptors (Lipinski definition) is 11. The van der Waals surface area contributed by atoms with Crippen molar-refractivity contribution in [1.29, 1.82) is 0 Å². The molecule has 13 heteroatoms. The van der Waals surface area contributed by atoms with E-state index in [1.807, 2.05) is 78.9 Å². The van der Waals surface area contributed by atoms with E-state index in [-0.39, 0.29) is 17.8 Å². The van der Waals surface area contributed by atoms with Gasteiger partial charge in [-0.05, 0) is 85.7 Å².